The molecule has 0 saturated carbocycles. The minimum absolute atomic E-state index is 0.0459. The van der Waals surface area contributed by atoms with Crippen LogP contribution < -0.4 is 10.9 Å². The van der Waals surface area contributed by atoms with E-state index in [0.29, 0.717) is 0 Å². The van der Waals surface area contributed by atoms with Crippen LogP contribution in [0.5, 0.6) is 0 Å². The molecule has 0 saturated heterocycles. The SMILES string of the molecule is O=C(O)C[C@@H](NC(=O)c1cc[nH]c(=O)c1)C(=O)O. The summed E-state index contributed by atoms with van der Waals surface area (Å²) in [5.74, 6) is -3.64. The number of carbonyl (C=O) groups excluding carboxylic acids is 1. The zero-order chi connectivity index (χ0) is 13.7. The summed E-state index contributed by atoms with van der Waals surface area (Å²) in [5, 5.41) is 19.2. The van der Waals surface area contributed by atoms with Crippen LogP contribution in [0.1, 0.15) is 16.8 Å². The third-order valence-electron chi connectivity index (χ3n) is 2.02. The summed E-state index contributed by atoms with van der Waals surface area (Å²) in [7, 11) is 0. The Bertz CT molecular complexity index is 535. The predicted molar refractivity (Wildman–Crippen MR) is 58.2 cm³/mol. The van der Waals surface area contributed by atoms with Gasteiger partial charge in [-0.2, -0.15) is 0 Å². The van der Waals surface area contributed by atoms with Gasteiger partial charge in [-0.05, 0) is 6.07 Å². The second kappa shape index (κ2) is 5.62. The summed E-state index contributed by atoms with van der Waals surface area (Å²) >= 11 is 0. The van der Waals surface area contributed by atoms with Crippen LogP contribution in [0.25, 0.3) is 0 Å². The van der Waals surface area contributed by atoms with E-state index in [-0.39, 0.29) is 5.56 Å². The lowest BCUT2D eigenvalue weighted by Crippen LogP contribution is -2.42. The fraction of sp³-hybridized carbons (Fsp3) is 0.200. The first-order chi connectivity index (χ1) is 8.40. The highest BCUT2D eigenvalue weighted by Gasteiger charge is 2.23. The molecule has 8 heteroatoms. The zero-order valence-corrected chi connectivity index (χ0v) is 9.04. The van der Waals surface area contributed by atoms with Gasteiger partial charge in [0.15, 0.2) is 0 Å². The molecule has 18 heavy (non-hydrogen) atoms. The van der Waals surface area contributed by atoms with Crippen molar-refractivity contribution in [3.8, 4) is 0 Å². The highest BCUT2D eigenvalue weighted by atomic mass is 16.4. The topological polar surface area (TPSA) is 137 Å². The van der Waals surface area contributed by atoms with Crippen molar-refractivity contribution in [3.63, 3.8) is 0 Å². The maximum atomic E-state index is 11.6. The average molecular weight is 254 g/mol. The number of rotatable bonds is 5. The third-order valence-corrected chi connectivity index (χ3v) is 2.02. The van der Waals surface area contributed by atoms with Gasteiger partial charge in [-0.15, -0.1) is 0 Å². The second-order valence-electron chi connectivity index (χ2n) is 3.40. The maximum absolute atomic E-state index is 11.6. The van der Waals surface area contributed by atoms with E-state index < -0.39 is 35.9 Å². The Morgan fingerprint density at radius 1 is 1.33 bits per heavy atom. The third kappa shape index (κ3) is 3.74. The van der Waals surface area contributed by atoms with E-state index in [0.717, 1.165) is 6.07 Å². The molecule has 0 aliphatic heterocycles. The molecule has 0 fully saturated rings. The van der Waals surface area contributed by atoms with E-state index in [1.807, 2.05) is 5.32 Å². The number of pyridine rings is 1. The van der Waals surface area contributed by atoms with Crippen LogP contribution >= 0.6 is 0 Å². The van der Waals surface area contributed by atoms with Gasteiger partial charge in [0.25, 0.3) is 5.91 Å². The molecule has 4 N–H and O–H groups in total. The molecule has 8 nitrogen and oxygen atoms in total. The fourth-order valence-electron chi connectivity index (χ4n) is 1.20. The summed E-state index contributed by atoms with van der Waals surface area (Å²) < 4.78 is 0. The Hall–Kier alpha value is -2.64. The van der Waals surface area contributed by atoms with Crippen molar-refractivity contribution in [2.24, 2.45) is 0 Å². The molecular formula is C10H10N2O6. The van der Waals surface area contributed by atoms with Crippen LogP contribution in [0.4, 0.5) is 0 Å². The van der Waals surface area contributed by atoms with E-state index in [1.54, 1.807) is 0 Å². The number of hydrogen-bond donors (Lipinski definition) is 4. The second-order valence-corrected chi connectivity index (χ2v) is 3.40. The molecule has 0 aliphatic rings. The molecule has 1 heterocycles. The monoisotopic (exact) mass is 254 g/mol. The Labute approximate surface area is 100 Å². The molecule has 0 radical (unpaired) electrons. The molecule has 0 aliphatic carbocycles. The number of hydrogen-bond acceptors (Lipinski definition) is 4. The first-order valence-corrected chi connectivity index (χ1v) is 4.84. The van der Waals surface area contributed by atoms with Crippen LogP contribution in [-0.4, -0.2) is 39.1 Å². The average Bonchev–Trinajstić information content (AvgIpc) is 2.27. The molecule has 1 atom stereocenters. The molecule has 1 aromatic rings. The summed E-state index contributed by atoms with van der Waals surface area (Å²) in [5.41, 5.74) is -0.567. The number of H-pyrrole nitrogens is 1. The molecule has 1 aromatic heterocycles. The lowest BCUT2D eigenvalue weighted by Gasteiger charge is -2.11. The Kier molecular flexibility index (Phi) is 4.19. The Morgan fingerprint density at radius 2 is 2.00 bits per heavy atom. The Balaban J connectivity index is 2.81. The lowest BCUT2D eigenvalue weighted by atomic mass is 10.2. The number of carboxylic acids is 2. The van der Waals surface area contributed by atoms with Crippen LogP contribution in [-0.2, 0) is 9.59 Å². The predicted octanol–water partition coefficient (Wildman–Crippen LogP) is -0.967. The quantitative estimate of drug-likeness (QED) is 0.533. The highest BCUT2D eigenvalue weighted by Crippen LogP contribution is 1.98. The number of aliphatic carboxylic acids is 2. The van der Waals surface area contributed by atoms with Crippen molar-refractivity contribution in [2.45, 2.75) is 12.5 Å². The van der Waals surface area contributed by atoms with Crippen molar-refractivity contribution in [1.29, 1.82) is 0 Å². The summed E-state index contributed by atoms with van der Waals surface area (Å²) in [6.07, 6.45) is 0.481. The first-order valence-electron chi connectivity index (χ1n) is 4.84. The van der Waals surface area contributed by atoms with Crippen molar-refractivity contribution in [3.05, 3.63) is 34.2 Å². The van der Waals surface area contributed by atoms with E-state index in [1.165, 1.54) is 12.3 Å². The van der Waals surface area contributed by atoms with Crippen molar-refractivity contribution in [2.75, 3.05) is 0 Å². The van der Waals surface area contributed by atoms with Gasteiger partial charge in [0.1, 0.15) is 6.04 Å². The summed E-state index contributed by atoms with van der Waals surface area (Å²) in [6.45, 7) is 0. The molecule has 0 aromatic carbocycles. The Morgan fingerprint density at radius 3 is 2.50 bits per heavy atom. The number of carboxylic acid groups (broad SMARTS) is 2. The van der Waals surface area contributed by atoms with Gasteiger partial charge in [0.05, 0.1) is 6.42 Å². The minimum Gasteiger partial charge on any atom is -0.481 e. The van der Waals surface area contributed by atoms with Gasteiger partial charge in [-0.3, -0.25) is 14.4 Å². The fourth-order valence-corrected chi connectivity index (χ4v) is 1.20. The zero-order valence-electron chi connectivity index (χ0n) is 9.04. The van der Waals surface area contributed by atoms with E-state index >= 15 is 0 Å². The van der Waals surface area contributed by atoms with Gasteiger partial charge in [-0.25, -0.2) is 4.79 Å². The number of carbonyl (C=O) groups is 3. The van der Waals surface area contributed by atoms with E-state index in [4.69, 9.17) is 10.2 Å². The van der Waals surface area contributed by atoms with Crippen LogP contribution in [0.15, 0.2) is 23.1 Å². The minimum atomic E-state index is -1.55. The number of amides is 1. The molecule has 0 spiro atoms. The number of nitrogens with one attached hydrogen (secondary N) is 2. The maximum Gasteiger partial charge on any atom is 0.326 e. The van der Waals surface area contributed by atoms with Crippen LogP contribution in [0, 0.1) is 0 Å². The van der Waals surface area contributed by atoms with Crippen molar-refractivity contribution >= 4 is 17.8 Å². The van der Waals surface area contributed by atoms with Gasteiger partial charge in [0, 0.05) is 17.8 Å². The molecule has 1 amide bonds. The molecular weight excluding hydrogens is 244 g/mol. The molecule has 1 rings (SSSR count). The summed E-state index contributed by atoms with van der Waals surface area (Å²) in [4.78, 5) is 45.9. The van der Waals surface area contributed by atoms with Crippen LogP contribution in [0.3, 0.4) is 0 Å². The molecule has 0 bridgehead atoms. The number of aromatic nitrogens is 1. The van der Waals surface area contributed by atoms with Crippen LogP contribution in [0.2, 0.25) is 0 Å². The smallest absolute Gasteiger partial charge is 0.326 e. The molecule has 96 valence electrons. The van der Waals surface area contributed by atoms with Crippen molar-refractivity contribution < 1.29 is 24.6 Å². The summed E-state index contributed by atoms with van der Waals surface area (Å²) in [6, 6.07) is 0.708. The standard InChI is InChI=1S/C10H10N2O6/c13-7-3-5(1-2-11-7)9(16)12-6(10(17)18)4-8(14)15/h1-3,6H,4H2,(H,11,13)(H,12,16)(H,14,15)(H,17,18)/t6-/m1/s1. The van der Waals surface area contributed by atoms with E-state index in [9.17, 15) is 19.2 Å². The van der Waals surface area contributed by atoms with Crippen molar-refractivity contribution in [1.82, 2.24) is 10.3 Å². The first kappa shape index (κ1) is 13.4. The number of aromatic amines is 1. The van der Waals surface area contributed by atoms with Gasteiger partial charge in [-0.1, -0.05) is 0 Å². The lowest BCUT2D eigenvalue weighted by molar-refractivity contribution is -0.145. The normalized spacial score (nSPS) is 11.6. The highest BCUT2D eigenvalue weighted by molar-refractivity contribution is 5.97. The molecule has 0 unspecified atom stereocenters. The van der Waals surface area contributed by atoms with E-state index in [2.05, 4.69) is 4.98 Å². The largest absolute Gasteiger partial charge is 0.481 e. The van der Waals surface area contributed by atoms with Gasteiger partial charge < -0.3 is 20.5 Å². The van der Waals surface area contributed by atoms with Gasteiger partial charge >= 0.3 is 11.9 Å². The van der Waals surface area contributed by atoms with Gasteiger partial charge in [0.2, 0.25) is 5.56 Å².